The minimum Gasteiger partial charge on any atom is -0.309 e. The van der Waals surface area contributed by atoms with E-state index in [1.165, 1.54) is 0 Å². The van der Waals surface area contributed by atoms with Crippen molar-refractivity contribution in [2.45, 2.75) is 19.9 Å². The summed E-state index contributed by atoms with van der Waals surface area (Å²) in [5, 5.41) is 4.69. The average Bonchev–Trinajstić information content (AvgIpc) is 2.11. The molecule has 76 valence electrons. The van der Waals surface area contributed by atoms with E-state index in [1.807, 2.05) is 18.2 Å². The number of hydrogen-bond donors (Lipinski definition) is 1. The summed E-state index contributed by atoms with van der Waals surface area (Å²) in [6.07, 6.45) is 0. The van der Waals surface area contributed by atoms with Gasteiger partial charge < -0.3 is 5.32 Å². The molecule has 0 saturated carbocycles. The first kappa shape index (κ1) is 10.3. The highest BCUT2D eigenvalue weighted by Crippen LogP contribution is 2.43. The topological polar surface area (TPSA) is 12.0 Å². The van der Waals surface area contributed by atoms with Gasteiger partial charge in [0.2, 0.25) is 0 Å². The van der Waals surface area contributed by atoms with E-state index in [2.05, 4.69) is 19.2 Å². The molecule has 1 aliphatic heterocycles. The van der Waals surface area contributed by atoms with Gasteiger partial charge in [-0.2, -0.15) is 0 Å². The van der Waals surface area contributed by atoms with Crippen LogP contribution >= 0.6 is 23.2 Å². The van der Waals surface area contributed by atoms with Crippen molar-refractivity contribution in [2.24, 2.45) is 5.41 Å². The van der Waals surface area contributed by atoms with Gasteiger partial charge in [-0.25, -0.2) is 0 Å². The fourth-order valence-corrected chi connectivity index (χ4v) is 2.30. The molecule has 0 amide bonds. The Hall–Kier alpha value is -0.240. The molecule has 0 spiro atoms. The van der Waals surface area contributed by atoms with Gasteiger partial charge in [0.25, 0.3) is 0 Å². The van der Waals surface area contributed by atoms with Crippen LogP contribution in [-0.2, 0) is 0 Å². The number of rotatable bonds is 1. The third-order valence-corrected chi connectivity index (χ3v) is 3.67. The van der Waals surface area contributed by atoms with Crippen LogP contribution in [0.1, 0.15) is 25.5 Å². The van der Waals surface area contributed by atoms with E-state index < -0.39 is 0 Å². The lowest BCUT2D eigenvalue weighted by Gasteiger charge is -2.46. The van der Waals surface area contributed by atoms with Crippen LogP contribution in [0.3, 0.4) is 0 Å². The number of nitrogens with one attached hydrogen (secondary N) is 1. The minimum atomic E-state index is 0.272. The average molecular weight is 230 g/mol. The monoisotopic (exact) mass is 229 g/mol. The molecule has 1 atom stereocenters. The second-order valence-electron chi connectivity index (χ2n) is 4.45. The Balaban J connectivity index is 2.38. The smallest absolute Gasteiger partial charge is 0.0640 e. The lowest BCUT2D eigenvalue weighted by Crippen LogP contribution is -2.52. The molecule has 3 heteroatoms. The molecule has 0 aliphatic carbocycles. The summed E-state index contributed by atoms with van der Waals surface area (Å²) >= 11 is 12.1. The normalized spacial score (nSPS) is 24.4. The van der Waals surface area contributed by atoms with Gasteiger partial charge in [0.15, 0.2) is 0 Å². The number of hydrogen-bond acceptors (Lipinski definition) is 1. The van der Waals surface area contributed by atoms with Crippen LogP contribution < -0.4 is 5.32 Å². The molecule has 0 radical (unpaired) electrons. The van der Waals surface area contributed by atoms with Crippen molar-refractivity contribution in [1.29, 1.82) is 0 Å². The van der Waals surface area contributed by atoms with Gasteiger partial charge in [-0.15, -0.1) is 0 Å². The molecule has 2 rings (SSSR count). The molecular formula is C11H13Cl2N. The summed E-state index contributed by atoms with van der Waals surface area (Å²) in [5.74, 6) is 0. The fraction of sp³-hybridized carbons (Fsp3) is 0.455. The van der Waals surface area contributed by atoms with Gasteiger partial charge in [0, 0.05) is 12.6 Å². The number of benzene rings is 1. The maximum Gasteiger partial charge on any atom is 0.0640 e. The molecule has 1 fully saturated rings. The van der Waals surface area contributed by atoms with Crippen molar-refractivity contribution < 1.29 is 0 Å². The molecule has 1 N–H and O–H groups in total. The Morgan fingerprint density at radius 2 is 2.07 bits per heavy atom. The Kier molecular flexibility index (Phi) is 2.50. The summed E-state index contributed by atoms with van der Waals surface area (Å²) in [4.78, 5) is 0. The van der Waals surface area contributed by atoms with Crippen LogP contribution in [-0.4, -0.2) is 6.54 Å². The third kappa shape index (κ3) is 1.54. The van der Waals surface area contributed by atoms with Crippen molar-refractivity contribution in [2.75, 3.05) is 6.54 Å². The summed E-state index contributed by atoms with van der Waals surface area (Å²) < 4.78 is 0. The van der Waals surface area contributed by atoms with Crippen molar-refractivity contribution in [3.05, 3.63) is 33.8 Å². The summed E-state index contributed by atoms with van der Waals surface area (Å²) in [6, 6.07) is 6.12. The van der Waals surface area contributed by atoms with Crippen LogP contribution in [0.5, 0.6) is 0 Å². The molecule has 1 nitrogen and oxygen atoms in total. The van der Waals surface area contributed by atoms with E-state index in [-0.39, 0.29) is 5.41 Å². The summed E-state index contributed by atoms with van der Waals surface area (Å²) in [6.45, 7) is 5.48. The third-order valence-electron chi connectivity index (χ3n) is 2.84. The second-order valence-corrected chi connectivity index (χ2v) is 5.23. The predicted molar refractivity (Wildman–Crippen MR) is 61.0 cm³/mol. The molecule has 1 aliphatic rings. The first-order valence-electron chi connectivity index (χ1n) is 4.70. The maximum absolute atomic E-state index is 6.16. The Morgan fingerprint density at radius 1 is 1.36 bits per heavy atom. The van der Waals surface area contributed by atoms with E-state index >= 15 is 0 Å². The SMILES string of the molecule is CC1(C)CNC1c1cccc(Cl)c1Cl. The lowest BCUT2D eigenvalue weighted by molar-refractivity contribution is 0.128. The lowest BCUT2D eigenvalue weighted by atomic mass is 9.74. The van der Waals surface area contributed by atoms with Gasteiger partial charge >= 0.3 is 0 Å². The van der Waals surface area contributed by atoms with Crippen molar-refractivity contribution >= 4 is 23.2 Å². The van der Waals surface area contributed by atoms with Crippen molar-refractivity contribution in [1.82, 2.24) is 5.32 Å². The summed E-state index contributed by atoms with van der Waals surface area (Å²) in [5.41, 5.74) is 1.38. The van der Waals surface area contributed by atoms with Gasteiger partial charge in [-0.05, 0) is 17.0 Å². The van der Waals surface area contributed by atoms with Crippen LogP contribution in [0.15, 0.2) is 18.2 Å². The minimum absolute atomic E-state index is 0.272. The van der Waals surface area contributed by atoms with Crippen molar-refractivity contribution in [3.8, 4) is 0 Å². The Bertz CT molecular complexity index is 360. The molecule has 1 aromatic carbocycles. The van der Waals surface area contributed by atoms with E-state index in [0.717, 1.165) is 12.1 Å². The molecule has 1 heterocycles. The molecule has 1 unspecified atom stereocenters. The standard InChI is InChI=1S/C11H13Cl2N/c1-11(2)6-14-10(11)7-4-3-5-8(12)9(7)13/h3-5,10,14H,6H2,1-2H3. The number of halogens is 2. The zero-order valence-electron chi connectivity index (χ0n) is 8.27. The largest absolute Gasteiger partial charge is 0.309 e. The van der Waals surface area contributed by atoms with Gasteiger partial charge in [0.1, 0.15) is 0 Å². The first-order valence-corrected chi connectivity index (χ1v) is 5.45. The van der Waals surface area contributed by atoms with Crippen LogP contribution in [0.25, 0.3) is 0 Å². The maximum atomic E-state index is 6.16. The van der Waals surface area contributed by atoms with Gasteiger partial charge in [-0.1, -0.05) is 49.2 Å². The highest BCUT2D eigenvalue weighted by atomic mass is 35.5. The quantitative estimate of drug-likeness (QED) is 0.776. The predicted octanol–water partition coefficient (Wildman–Crippen LogP) is 3.66. The molecule has 1 aromatic rings. The highest BCUT2D eigenvalue weighted by molar-refractivity contribution is 6.42. The summed E-state index contributed by atoms with van der Waals surface area (Å²) in [7, 11) is 0. The van der Waals surface area contributed by atoms with Crippen LogP contribution in [0, 0.1) is 5.41 Å². The highest BCUT2D eigenvalue weighted by Gasteiger charge is 2.40. The second kappa shape index (κ2) is 3.41. The molecule has 14 heavy (non-hydrogen) atoms. The zero-order valence-corrected chi connectivity index (χ0v) is 9.78. The zero-order chi connectivity index (χ0) is 10.3. The molecular weight excluding hydrogens is 217 g/mol. The van der Waals surface area contributed by atoms with Crippen LogP contribution in [0.4, 0.5) is 0 Å². The molecule has 0 bridgehead atoms. The van der Waals surface area contributed by atoms with E-state index in [1.54, 1.807) is 0 Å². The van der Waals surface area contributed by atoms with E-state index in [0.29, 0.717) is 16.1 Å². The van der Waals surface area contributed by atoms with Crippen molar-refractivity contribution in [3.63, 3.8) is 0 Å². The van der Waals surface area contributed by atoms with E-state index in [9.17, 15) is 0 Å². The van der Waals surface area contributed by atoms with Gasteiger partial charge in [0.05, 0.1) is 10.0 Å². The fourth-order valence-electron chi connectivity index (χ4n) is 1.89. The van der Waals surface area contributed by atoms with Gasteiger partial charge in [-0.3, -0.25) is 0 Å². The Morgan fingerprint density at radius 3 is 2.57 bits per heavy atom. The van der Waals surface area contributed by atoms with Crippen LogP contribution in [0.2, 0.25) is 10.0 Å². The molecule has 1 saturated heterocycles. The first-order chi connectivity index (χ1) is 6.52. The van der Waals surface area contributed by atoms with E-state index in [4.69, 9.17) is 23.2 Å². The molecule has 0 aromatic heterocycles. The Labute approximate surface area is 94.4 Å².